The molecule has 2 heteroatoms. The van der Waals surface area contributed by atoms with Crippen LogP contribution in [0.25, 0.3) is 0 Å². The second-order valence-corrected chi connectivity index (χ2v) is 3.47. The van der Waals surface area contributed by atoms with Crippen molar-refractivity contribution >= 4 is 0 Å². The Morgan fingerprint density at radius 1 is 1.17 bits per heavy atom. The molecular weight excluding hydrogens is 152 g/mol. The highest BCUT2D eigenvalue weighted by Crippen LogP contribution is 2.24. The third-order valence-electron chi connectivity index (χ3n) is 1.78. The van der Waals surface area contributed by atoms with Crippen molar-refractivity contribution in [2.45, 2.75) is 25.6 Å². The molecule has 0 saturated carbocycles. The van der Waals surface area contributed by atoms with Crippen LogP contribution in [0.4, 0.5) is 0 Å². The van der Waals surface area contributed by atoms with Gasteiger partial charge in [-0.05, 0) is 19.4 Å². The van der Waals surface area contributed by atoms with Gasteiger partial charge in [0.15, 0.2) is 0 Å². The first kappa shape index (κ1) is 9.23. The number of hydrogen-bond donors (Lipinski definition) is 2. The average molecular weight is 166 g/mol. The highest BCUT2D eigenvalue weighted by molar-refractivity contribution is 5.19. The molecule has 0 aliphatic rings. The summed E-state index contributed by atoms with van der Waals surface area (Å²) < 4.78 is 0. The van der Waals surface area contributed by atoms with Crippen LogP contribution in [-0.4, -0.2) is 15.8 Å². The Morgan fingerprint density at radius 2 is 1.67 bits per heavy atom. The standard InChI is InChI=1S/C10H14O2/c1-10(2,12)9(11)8-6-4-3-5-7-8/h3-7,9,11-12H,1-2H3/t9-/m0/s1. The van der Waals surface area contributed by atoms with Crippen molar-refractivity contribution in [2.75, 3.05) is 0 Å². The van der Waals surface area contributed by atoms with E-state index >= 15 is 0 Å². The van der Waals surface area contributed by atoms with Crippen molar-refractivity contribution in [1.82, 2.24) is 0 Å². The number of aliphatic hydroxyl groups is 2. The van der Waals surface area contributed by atoms with Crippen molar-refractivity contribution < 1.29 is 10.2 Å². The lowest BCUT2D eigenvalue weighted by Crippen LogP contribution is -2.28. The first-order chi connectivity index (χ1) is 5.52. The molecule has 0 aliphatic heterocycles. The molecule has 1 aromatic carbocycles. The molecule has 0 amide bonds. The summed E-state index contributed by atoms with van der Waals surface area (Å²) in [6.45, 7) is 3.18. The first-order valence-electron chi connectivity index (χ1n) is 3.97. The highest BCUT2D eigenvalue weighted by atomic mass is 16.3. The summed E-state index contributed by atoms with van der Waals surface area (Å²) in [6, 6.07) is 9.14. The van der Waals surface area contributed by atoms with E-state index in [1.807, 2.05) is 18.2 Å². The second-order valence-electron chi connectivity index (χ2n) is 3.47. The molecule has 0 bridgehead atoms. The molecule has 66 valence electrons. The Hall–Kier alpha value is -0.860. The Bertz CT molecular complexity index is 236. The summed E-state index contributed by atoms with van der Waals surface area (Å²) in [5, 5.41) is 19.1. The molecule has 0 unspecified atom stereocenters. The van der Waals surface area contributed by atoms with Gasteiger partial charge < -0.3 is 10.2 Å². The van der Waals surface area contributed by atoms with Gasteiger partial charge in [-0.15, -0.1) is 0 Å². The van der Waals surface area contributed by atoms with Gasteiger partial charge in [0, 0.05) is 0 Å². The predicted octanol–water partition coefficient (Wildman–Crippen LogP) is 1.49. The van der Waals surface area contributed by atoms with Gasteiger partial charge in [0.1, 0.15) is 6.10 Å². The van der Waals surface area contributed by atoms with Crippen LogP contribution in [0.2, 0.25) is 0 Å². The zero-order chi connectivity index (χ0) is 9.19. The SMILES string of the molecule is CC(C)(O)[C@@H](O)c1ccccc1. The van der Waals surface area contributed by atoms with Crippen LogP contribution in [0.3, 0.4) is 0 Å². The molecule has 0 spiro atoms. The molecule has 1 rings (SSSR count). The van der Waals surface area contributed by atoms with Crippen LogP contribution in [-0.2, 0) is 0 Å². The lowest BCUT2D eigenvalue weighted by molar-refractivity contribution is -0.0496. The van der Waals surface area contributed by atoms with Gasteiger partial charge in [-0.2, -0.15) is 0 Å². The van der Waals surface area contributed by atoms with Crippen LogP contribution in [0.15, 0.2) is 30.3 Å². The lowest BCUT2D eigenvalue weighted by atomic mass is 9.95. The van der Waals surface area contributed by atoms with Gasteiger partial charge in [-0.1, -0.05) is 30.3 Å². The van der Waals surface area contributed by atoms with E-state index in [0.717, 1.165) is 5.56 Å². The molecule has 1 atom stereocenters. The van der Waals surface area contributed by atoms with Crippen LogP contribution < -0.4 is 0 Å². The van der Waals surface area contributed by atoms with E-state index in [1.165, 1.54) is 0 Å². The highest BCUT2D eigenvalue weighted by Gasteiger charge is 2.25. The monoisotopic (exact) mass is 166 g/mol. The lowest BCUT2D eigenvalue weighted by Gasteiger charge is -2.24. The summed E-state index contributed by atoms with van der Waals surface area (Å²) in [7, 11) is 0. The average Bonchev–Trinajstić information content (AvgIpc) is 2.03. The number of benzene rings is 1. The minimum absolute atomic E-state index is 0.741. The normalized spacial score (nSPS) is 14.3. The van der Waals surface area contributed by atoms with Gasteiger partial charge in [-0.3, -0.25) is 0 Å². The Labute approximate surface area is 72.5 Å². The second kappa shape index (κ2) is 3.25. The van der Waals surface area contributed by atoms with Crippen molar-refractivity contribution in [2.24, 2.45) is 0 Å². The zero-order valence-electron chi connectivity index (χ0n) is 7.36. The fourth-order valence-electron chi connectivity index (χ4n) is 1.04. The van der Waals surface area contributed by atoms with E-state index in [9.17, 15) is 10.2 Å². The predicted molar refractivity (Wildman–Crippen MR) is 47.7 cm³/mol. The summed E-state index contributed by atoms with van der Waals surface area (Å²) in [5.41, 5.74) is -0.341. The minimum atomic E-state index is -1.08. The minimum Gasteiger partial charge on any atom is -0.387 e. The van der Waals surface area contributed by atoms with E-state index in [0.29, 0.717) is 0 Å². The summed E-state index contributed by atoms with van der Waals surface area (Å²) in [4.78, 5) is 0. The number of hydrogen-bond acceptors (Lipinski definition) is 2. The molecule has 0 aliphatic carbocycles. The quantitative estimate of drug-likeness (QED) is 0.698. The van der Waals surface area contributed by atoms with Crippen LogP contribution in [0.1, 0.15) is 25.5 Å². The largest absolute Gasteiger partial charge is 0.387 e. The van der Waals surface area contributed by atoms with Crippen molar-refractivity contribution in [3.05, 3.63) is 35.9 Å². The Kier molecular flexibility index (Phi) is 2.50. The molecule has 2 N–H and O–H groups in total. The van der Waals surface area contributed by atoms with E-state index in [-0.39, 0.29) is 0 Å². The third-order valence-corrected chi connectivity index (χ3v) is 1.78. The van der Waals surface area contributed by atoms with Gasteiger partial charge in [-0.25, -0.2) is 0 Å². The molecule has 0 aromatic heterocycles. The summed E-state index contributed by atoms with van der Waals surface area (Å²) >= 11 is 0. The molecule has 0 radical (unpaired) electrons. The fourth-order valence-corrected chi connectivity index (χ4v) is 1.04. The van der Waals surface area contributed by atoms with Crippen molar-refractivity contribution in [3.63, 3.8) is 0 Å². The third kappa shape index (κ3) is 2.06. The van der Waals surface area contributed by atoms with Gasteiger partial charge in [0.2, 0.25) is 0 Å². The fraction of sp³-hybridized carbons (Fsp3) is 0.400. The molecule has 0 fully saturated rings. The maximum absolute atomic E-state index is 9.61. The molecule has 1 aromatic rings. The van der Waals surface area contributed by atoms with E-state index in [4.69, 9.17) is 0 Å². The Balaban J connectivity index is 2.86. The maximum atomic E-state index is 9.61. The van der Waals surface area contributed by atoms with Gasteiger partial charge in [0.25, 0.3) is 0 Å². The molecule has 0 heterocycles. The zero-order valence-corrected chi connectivity index (χ0v) is 7.36. The maximum Gasteiger partial charge on any atom is 0.107 e. The molecular formula is C10H14O2. The smallest absolute Gasteiger partial charge is 0.107 e. The van der Waals surface area contributed by atoms with Crippen LogP contribution in [0.5, 0.6) is 0 Å². The van der Waals surface area contributed by atoms with Crippen LogP contribution in [0, 0.1) is 0 Å². The molecule has 12 heavy (non-hydrogen) atoms. The summed E-state index contributed by atoms with van der Waals surface area (Å²) in [5.74, 6) is 0. The Morgan fingerprint density at radius 3 is 2.08 bits per heavy atom. The van der Waals surface area contributed by atoms with Crippen LogP contribution >= 0.6 is 0 Å². The number of rotatable bonds is 2. The van der Waals surface area contributed by atoms with Crippen molar-refractivity contribution in [1.29, 1.82) is 0 Å². The van der Waals surface area contributed by atoms with Gasteiger partial charge >= 0.3 is 0 Å². The van der Waals surface area contributed by atoms with E-state index in [2.05, 4.69) is 0 Å². The van der Waals surface area contributed by atoms with Crippen molar-refractivity contribution in [3.8, 4) is 0 Å². The summed E-state index contributed by atoms with van der Waals surface area (Å²) in [6.07, 6.45) is -0.821. The topological polar surface area (TPSA) is 40.5 Å². The first-order valence-corrected chi connectivity index (χ1v) is 3.97. The molecule has 0 saturated heterocycles. The molecule has 2 nitrogen and oxygen atoms in total. The number of aliphatic hydroxyl groups excluding tert-OH is 1. The van der Waals surface area contributed by atoms with E-state index < -0.39 is 11.7 Å². The van der Waals surface area contributed by atoms with Gasteiger partial charge in [0.05, 0.1) is 5.60 Å². The van der Waals surface area contributed by atoms with E-state index in [1.54, 1.807) is 26.0 Å².